The lowest BCUT2D eigenvalue weighted by molar-refractivity contribution is 0.238. The lowest BCUT2D eigenvalue weighted by Crippen LogP contribution is -2.37. The zero-order valence-corrected chi connectivity index (χ0v) is 15.2. The molecule has 1 saturated heterocycles. The molecule has 2 aromatic carbocycles. The average molecular weight is 326 g/mol. The molecule has 1 aliphatic rings. The summed E-state index contributed by atoms with van der Waals surface area (Å²) in [6.45, 7) is 10.8. The molecule has 1 atom stereocenters. The molecule has 1 fully saturated rings. The second-order valence-electron chi connectivity index (χ2n) is 6.99. The molecule has 1 aliphatic heterocycles. The third kappa shape index (κ3) is 3.90. The summed E-state index contributed by atoms with van der Waals surface area (Å²) in [6.07, 6.45) is 2.83. The van der Waals surface area contributed by atoms with Crippen LogP contribution in [-0.4, -0.2) is 36.7 Å². The summed E-state index contributed by atoms with van der Waals surface area (Å²) in [4.78, 5) is 2.58. The van der Waals surface area contributed by atoms with Crippen LogP contribution in [0, 0.1) is 0 Å². The molecule has 3 nitrogen and oxygen atoms in total. The van der Waals surface area contributed by atoms with Crippen LogP contribution < -0.4 is 10.1 Å². The van der Waals surface area contributed by atoms with Gasteiger partial charge in [-0.2, -0.15) is 0 Å². The van der Waals surface area contributed by atoms with Crippen molar-refractivity contribution in [2.24, 2.45) is 0 Å². The van der Waals surface area contributed by atoms with Crippen molar-refractivity contribution in [1.82, 2.24) is 10.2 Å². The predicted molar refractivity (Wildman–Crippen MR) is 102 cm³/mol. The van der Waals surface area contributed by atoms with Gasteiger partial charge in [0.15, 0.2) is 0 Å². The fourth-order valence-corrected chi connectivity index (χ4v) is 3.77. The largest absolute Gasteiger partial charge is 0.491 e. The average Bonchev–Trinajstić information content (AvgIpc) is 3.03. The molecule has 0 aliphatic carbocycles. The second kappa shape index (κ2) is 8.00. The van der Waals surface area contributed by atoms with Gasteiger partial charge in [0.1, 0.15) is 5.75 Å². The Labute approximate surface area is 146 Å². The minimum absolute atomic E-state index is 0.190. The Hall–Kier alpha value is -1.58. The summed E-state index contributed by atoms with van der Waals surface area (Å²) in [7, 11) is 0. The van der Waals surface area contributed by atoms with E-state index >= 15 is 0 Å². The third-order valence-electron chi connectivity index (χ3n) is 4.95. The normalized spacial score (nSPS) is 18.6. The predicted octanol–water partition coefficient (Wildman–Crippen LogP) is 4.20. The number of ether oxygens (including phenoxy) is 1. The van der Waals surface area contributed by atoms with Crippen molar-refractivity contribution < 1.29 is 4.74 Å². The summed E-state index contributed by atoms with van der Waals surface area (Å²) in [5, 5.41) is 6.26. The van der Waals surface area contributed by atoms with Crippen LogP contribution in [0.15, 0.2) is 36.4 Å². The lowest BCUT2D eigenvalue weighted by Gasteiger charge is -2.23. The molecule has 3 rings (SSSR count). The Bertz CT molecular complexity index is 668. The van der Waals surface area contributed by atoms with Crippen molar-refractivity contribution in [2.75, 3.05) is 19.6 Å². The molecule has 0 radical (unpaired) electrons. The molecule has 3 heteroatoms. The van der Waals surface area contributed by atoms with E-state index in [1.807, 2.05) is 0 Å². The van der Waals surface area contributed by atoms with Gasteiger partial charge in [-0.15, -0.1) is 0 Å². The molecule has 0 saturated carbocycles. The zero-order chi connectivity index (χ0) is 16.9. The van der Waals surface area contributed by atoms with Gasteiger partial charge in [0.05, 0.1) is 6.10 Å². The fraction of sp³-hybridized carbons (Fsp3) is 0.524. The van der Waals surface area contributed by atoms with E-state index in [1.54, 1.807) is 0 Å². The van der Waals surface area contributed by atoms with Gasteiger partial charge in [-0.05, 0) is 56.6 Å². The highest BCUT2D eigenvalue weighted by Gasteiger charge is 2.22. The monoisotopic (exact) mass is 326 g/mol. The number of nitrogens with one attached hydrogen (secondary N) is 1. The minimum Gasteiger partial charge on any atom is -0.491 e. The SMILES string of the molecule is CCN1CCC[C@H]1CNCc1c(OC(C)C)ccc2ccccc12. The molecule has 0 aromatic heterocycles. The number of hydrogen-bond donors (Lipinski definition) is 1. The summed E-state index contributed by atoms with van der Waals surface area (Å²) in [5.41, 5.74) is 1.28. The van der Waals surface area contributed by atoms with E-state index in [1.165, 1.54) is 35.7 Å². The summed E-state index contributed by atoms with van der Waals surface area (Å²) in [6, 6.07) is 13.5. The van der Waals surface area contributed by atoms with E-state index in [9.17, 15) is 0 Å². The highest BCUT2D eigenvalue weighted by atomic mass is 16.5. The van der Waals surface area contributed by atoms with Crippen LogP contribution in [0.3, 0.4) is 0 Å². The number of hydrogen-bond acceptors (Lipinski definition) is 3. The standard InChI is InChI=1S/C21H30N2O/c1-4-23-13-7-9-18(23)14-22-15-20-19-10-6-5-8-17(19)11-12-21(20)24-16(2)3/h5-6,8,10-12,16,18,22H,4,7,9,13-15H2,1-3H3/t18-/m0/s1. The van der Waals surface area contributed by atoms with E-state index in [0.717, 1.165) is 25.4 Å². The van der Waals surface area contributed by atoms with Crippen LogP contribution >= 0.6 is 0 Å². The highest BCUT2D eigenvalue weighted by molar-refractivity contribution is 5.87. The van der Waals surface area contributed by atoms with Gasteiger partial charge >= 0.3 is 0 Å². The first-order valence-corrected chi connectivity index (χ1v) is 9.31. The Morgan fingerprint density at radius 2 is 2.04 bits per heavy atom. The Balaban J connectivity index is 1.76. The summed E-state index contributed by atoms with van der Waals surface area (Å²) >= 11 is 0. The number of likely N-dealkylation sites (N-methyl/N-ethyl adjacent to an activating group) is 1. The van der Waals surface area contributed by atoms with Gasteiger partial charge in [0.25, 0.3) is 0 Å². The topological polar surface area (TPSA) is 24.5 Å². The molecular weight excluding hydrogens is 296 g/mol. The Kier molecular flexibility index (Phi) is 5.75. The molecular formula is C21H30N2O. The van der Waals surface area contributed by atoms with Gasteiger partial charge < -0.3 is 10.1 Å². The first kappa shape index (κ1) is 17.2. The molecule has 0 bridgehead atoms. The van der Waals surface area contributed by atoms with E-state index < -0.39 is 0 Å². The maximum Gasteiger partial charge on any atom is 0.124 e. The van der Waals surface area contributed by atoms with Crippen LogP contribution in [0.2, 0.25) is 0 Å². The second-order valence-corrected chi connectivity index (χ2v) is 6.99. The molecule has 0 amide bonds. The Morgan fingerprint density at radius 3 is 2.83 bits per heavy atom. The van der Waals surface area contributed by atoms with Crippen LogP contribution in [0.1, 0.15) is 39.2 Å². The zero-order valence-electron chi connectivity index (χ0n) is 15.2. The number of likely N-dealkylation sites (tertiary alicyclic amines) is 1. The Morgan fingerprint density at radius 1 is 1.21 bits per heavy atom. The van der Waals surface area contributed by atoms with Crippen molar-refractivity contribution in [1.29, 1.82) is 0 Å². The molecule has 0 unspecified atom stereocenters. The van der Waals surface area contributed by atoms with Gasteiger partial charge in [-0.3, -0.25) is 4.90 Å². The minimum atomic E-state index is 0.190. The molecule has 130 valence electrons. The first-order chi connectivity index (χ1) is 11.7. The van der Waals surface area contributed by atoms with Crippen LogP contribution in [0.4, 0.5) is 0 Å². The summed E-state index contributed by atoms with van der Waals surface area (Å²) < 4.78 is 6.07. The maximum atomic E-state index is 6.07. The van der Waals surface area contributed by atoms with Gasteiger partial charge in [0.2, 0.25) is 0 Å². The van der Waals surface area contributed by atoms with Crippen molar-refractivity contribution >= 4 is 10.8 Å². The lowest BCUT2D eigenvalue weighted by atomic mass is 10.0. The first-order valence-electron chi connectivity index (χ1n) is 9.31. The number of nitrogens with zero attached hydrogens (tertiary/aromatic N) is 1. The maximum absolute atomic E-state index is 6.07. The molecule has 0 spiro atoms. The number of rotatable bonds is 7. The molecule has 2 aromatic rings. The fourth-order valence-electron chi connectivity index (χ4n) is 3.77. The van der Waals surface area contributed by atoms with Gasteiger partial charge in [0, 0.05) is 24.7 Å². The smallest absolute Gasteiger partial charge is 0.124 e. The van der Waals surface area contributed by atoms with Crippen molar-refractivity contribution in [3.63, 3.8) is 0 Å². The van der Waals surface area contributed by atoms with Crippen molar-refractivity contribution in [3.05, 3.63) is 42.0 Å². The van der Waals surface area contributed by atoms with Crippen LogP contribution in [0.25, 0.3) is 10.8 Å². The van der Waals surface area contributed by atoms with Gasteiger partial charge in [-0.1, -0.05) is 37.3 Å². The quantitative estimate of drug-likeness (QED) is 0.825. The summed E-state index contributed by atoms with van der Waals surface area (Å²) in [5.74, 6) is 1.01. The molecule has 24 heavy (non-hydrogen) atoms. The molecule has 1 heterocycles. The van der Waals surface area contributed by atoms with Crippen LogP contribution in [0.5, 0.6) is 5.75 Å². The van der Waals surface area contributed by atoms with Crippen molar-refractivity contribution in [3.8, 4) is 5.75 Å². The molecule has 1 N–H and O–H groups in total. The van der Waals surface area contributed by atoms with E-state index in [0.29, 0.717) is 6.04 Å². The number of fused-ring (bicyclic) bond motifs is 1. The van der Waals surface area contributed by atoms with Crippen LogP contribution in [-0.2, 0) is 6.54 Å². The van der Waals surface area contributed by atoms with Crippen molar-refractivity contribution in [2.45, 2.75) is 52.3 Å². The number of benzene rings is 2. The van der Waals surface area contributed by atoms with E-state index in [2.05, 4.69) is 67.4 Å². The van der Waals surface area contributed by atoms with E-state index in [4.69, 9.17) is 4.74 Å². The van der Waals surface area contributed by atoms with Gasteiger partial charge in [-0.25, -0.2) is 0 Å². The van der Waals surface area contributed by atoms with E-state index in [-0.39, 0.29) is 6.10 Å². The third-order valence-corrected chi connectivity index (χ3v) is 4.95. The highest BCUT2D eigenvalue weighted by Crippen LogP contribution is 2.29.